The summed E-state index contributed by atoms with van der Waals surface area (Å²) in [6.45, 7) is 5.50. The average molecular weight is 355 g/mol. The van der Waals surface area contributed by atoms with Crippen molar-refractivity contribution in [3.8, 4) is 10.8 Å². The molecule has 130 valence electrons. The Balaban J connectivity index is 1.69. The molecule has 0 aliphatic rings. The van der Waals surface area contributed by atoms with E-state index in [1.807, 2.05) is 48.7 Å². The van der Waals surface area contributed by atoms with Crippen molar-refractivity contribution in [1.82, 2.24) is 10.3 Å². The minimum atomic E-state index is -0.0990. The second-order valence-electron chi connectivity index (χ2n) is 5.66. The first-order chi connectivity index (χ1) is 12.2. The lowest BCUT2D eigenvalue weighted by Gasteiger charge is -2.11. The zero-order valence-electron chi connectivity index (χ0n) is 14.3. The number of hydrogen-bond donors (Lipinski definition) is 2. The van der Waals surface area contributed by atoms with Gasteiger partial charge >= 0.3 is 0 Å². The largest absolute Gasteiger partial charge is 0.440 e. The standard InChI is InChI=1S/C19H21N3O2S/c1-3-20-12-14-7-4-5-8-15(14)21-18(23)11-16-13(2)24-19(22-16)17-9-6-10-25-17/h4-10,20H,3,11-12H2,1-2H3,(H,21,23). The van der Waals surface area contributed by atoms with E-state index in [0.717, 1.165) is 29.2 Å². The maximum Gasteiger partial charge on any atom is 0.236 e. The van der Waals surface area contributed by atoms with Crippen LogP contribution in [0.4, 0.5) is 5.69 Å². The zero-order chi connectivity index (χ0) is 17.6. The molecule has 0 bridgehead atoms. The number of aryl methyl sites for hydroxylation is 1. The van der Waals surface area contributed by atoms with Crippen LogP contribution in [-0.2, 0) is 17.8 Å². The van der Waals surface area contributed by atoms with Crippen molar-refractivity contribution in [2.75, 3.05) is 11.9 Å². The van der Waals surface area contributed by atoms with Crippen LogP contribution in [0.15, 0.2) is 46.2 Å². The number of aromatic nitrogens is 1. The number of nitrogens with zero attached hydrogens (tertiary/aromatic N) is 1. The molecule has 0 aliphatic heterocycles. The average Bonchev–Trinajstić information content (AvgIpc) is 3.24. The molecule has 0 saturated heterocycles. The number of para-hydroxylation sites is 1. The third-order valence-electron chi connectivity index (χ3n) is 3.81. The van der Waals surface area contributed by atoms with Gasteiger partial charge in [0.1, 0.15) is 5.76 Å². The van der Waals surface area contributed by atoms with Gasteiger partial charge in [0.05, 0.1) is 17.0 Å². The lowest BCUT2D eigenvalue weighted by atomic mass is 10.1. The molecule has 3 aromatic rings. The van der Waals surface area contributed by atoms with E-state index in [0.29, 0.717) is 17.3 Å². The summed E-state index contributed by atoms with van der Waals surface area (Å²) in [4.78, 5) is 17.9. The van der Waals surface area contributed by atoms with Gasteiger partial charge in [0.2, 0.25) is 11.8 Å². The number of anilines is 1. The Labute approximate surface area is 151 Å². The van der Waals surface area contributed by atoms with Crippen molar-refractivity contribution in [3.63, 3.8) is 0 Å². The molecule has 1 amide bonds. The predicted octanol–water partition coefficient (Wildman–Crippen LogP) is 4.00. The van der Waals surface area contributed by atoms with Crippen LogP contribution < -0.4 is 10.6 Å². The summed E-state index contributed by atoms with van der Waals surface area (Å²) < 4.78 is 5.70. The number of benzene rings is 1. The Bertz CT molecular complexity index is 840. The highest BCUT2D eigenvalue weighted by atomic mass is 32.1. The Morgan fingerprint density at radius 1 is 1.24 bits per heavy atom. The summed E-state index contributed by atoms with van der Waals surface area (Å²) in [7, 11) is 0. The summed E-state index contributed by atoms with van der Waals surface area (Å²) in [6, 6.07) is 11.7. The number of nitrogens with one attached hydrogen (secondary N) is 2. The second-order valence-corrected chi connectivity index (χ2v) is 6.61. The normalized spacial score (nSPS) is 10.8. The quantitative estimate of drug-likeness (QED) is 0.672. The summed E-state index contributed by atoms with van der Waals surface area (Å²) in [5, 5.41) is 8.23. The molecule has 0 unspecified atom stereocenters. The van der Waals surface area contributed by atoms with E-state index < -0.39 is 0 Å². The van der Waals surface area contributed by atoms with Crippen LogP contribution in [0.25, 0.3) is 10.8 Å². The minimum absolute atomic E-state index is 0.0990. The molecule has 0 radical (unpaired) electrons. The van der Waals surface area contributed by atoms with E-state index in [1.54, 1.807) is 11.3 Å². The number of rotatable bonds is 7. The Kier molecular flexibility index (Phi) is 5.63. The summed E-state index contributed by atoms with van der Waals surface area (Å²) in [5.41, 5.74) is 2.56. The first kappa shape index (κ1) is 17.4. The maximum absolute atomic E-state index is 12.4. The fraction of sp³-hybridized carbons (Fsp3) is 0.263. The smallest absolute Gasteiger partial charge is 0.236 e. The lowest BCUT2D eigenvalue weighted by molar-refractivity contribution is -0.115. The van der Waals surface area contributed by atoms with Crippen LogP contribution in [0, 0.1) is 6.92 Å². The van der Waals surface area contributed by atoms with Gasteiger partial charge in [0.15, 0.2) is 0 Å². The molecule has 2 N–H and O–H groups in total. The number of oxazole rings is 1. The molecule has 0 spiro atoms. The summed E-state index contributed by atoms with van der Waals surface area (Å²) >= 11 is 1.57. The third-order valence-corrected chi connectivity index (χ3v) is 4.67. The van der Waals surface area contributed by atoms with Crippen molar-refractivity contribution >= 4 is 22.9 Å². The highest BCUT2D eigenvalue weighted by Gasteiger charge is 2.16. The molecule has 3 rings (SSSR count). The number of carbonyl (C=O) groups excluding carboxylic acids is 1. The molecular formula is C19H21N3O2S. The Morgan fingerprint density at radius 3 is 2.84 bits per heavy atom. The monoisotopic (exact) mass is 355 g/mol. The topological polar surface area (TPSA) is 67.2 Å². The van der Waals surface area contributed by atoms with Gasteiger partial charge < -0.3 is 15.1 Å². The van der Waals surface area contributed by atoms with Gasteiger partial charge in [-0.1, -0.05) is 31.2 Å². The van der Waals surface area contributed by atoms with E-state index in [9.17, 15) is 4.79 Å². The summed E-state index contributed by atoms with van der Waals surface area (Å²) in [5.74, 6) is 1.15. The molecule has 25 heavy (non-hydrogen) atoms. The number of hydrogen-bond acceptors (Lipinski definition) is 5. The molecule has 2 heterocycles. The Morgan fingerprint density at radius 2 is 2.08 bits per heavy atom. The third kappa shape index (κ3) is 4.35. The van der Waals surface area contributed by atoms with Crippen molar-refractivity contribution in [2.45, 2.75) is 26.8 Å². The van der Waals surface area contributed by atoms with Crippen LogP contribution in [-0.4, -0.2) is 17.4 Å². The minimum Gasteiger partial charge on any atom is -0.440 e. The highest BCUT2D eigenvalue weighted by molar-refractivity contribution is 7.13. The van der Waals surface area contributed by atoms with E-state index in [2.05, 4.69) is 22.5 Å². The fourth-order valence-corrected chi connectivity index (χ4v) is 3.15. The van der Waals surface area contributed by atoms with E-state index in [4.69, 9.17) is 4.42 Å². The van der Waals surface area contributed by atoms with Gasteiger partial charge in [-0.25, -0.2) is 4.98 Å². The van der Waals surface area contributed by atoms with Crippen molar-refractivity contribution in [1.29, 1.82) is 0 Å². The van der Waals surface area contributed by atoms with Gasteiger partial charge in [-0.15, -0.1) is 11.3 Å². The zero-order valence-corrected chi connectivity index (χ0v) is 15.2. The van der Waals surface area contributed by atoms with E-state index in [-0.39, 0.29) is 12.3 Å². The number of thiophene rings is 1. The maximum atomic E-state index is 12.4. The molecule has 0 aliphatic carbocycles. The Hall–Kier alpha value is -2.44. The number of carbonyl (C=O) groups is 1. The summed E-state index contributed by atoms with van der Waals surface area (Å²) in [6.07, 6.45) is 0.191. The SMILES string of the molecule is CCNCc1ccccc1NC(=O)Cc1nc(-c2cccs2)oc1C. The van der Waals surface area contributed by atoms with E-state index >= 15 is 0 Å². The van der Waals surface area contributed by atoms with Crippen LogP contribution in [0.2, 0.25) is 0 Å². The van der Waals surface area contributed by atoms with E-state index in [1.165, 1.54) is 0 Å². The molecular weight excluding hydrogens is 334 g/mol. The molecule has 6 heteroatoms. The fourth-order valence-electron chi connectivity index (χ4n) is 2.50. The lowest BCUT2D eigenvalue weighted by Crippen LogP contribution is -2.18. The van der Waals surface area contributed by atoms with Crippen LogP contribution >= 0.6 is 11.3 Å². The van der Waals surface area contributed by atoms with Crippen LogP contribution in [0.5, 0.6) is 0 Å². The van der Waals surface area contributed by atoms with Crippen LogP contribution in [0.1, 0.15) is 23.9 Å². The van der Waals surface area contributed by atoms with Gasteiger partial charge in [-0.3, -0.25) is 4.79 Å². The predicted molar refractivity (Wildman–Crippen MR) is 101 cm³/mol. The first-order valence-corrected chi connectivity index (χ1v) is 9.14. The van der Waals surface area contributed by atoms with Gasteiger partial charge in [-0.05, 0) is 36.5 Å². The van der Waals surface area contributed by atoms with Crippen LogP contribution in [0.3, 0.4) is 0 Å². The second kappa shape index (κ2) is 8.09. The first-order valence-electron chi connectivity index (χ1n) is 8.26. The van der Waals surface area contributed by atoms with Gasteiger partial charge in [0.25, 0.3) is 0 Å². The van der Waals surface area contributed by atoms with Gasteiger partial charge in [-0.2, -0.15) is 0 Å². The molecule has 1 aromatic carbocycles. The van der Waals surface area contributed by atoms with Crippen molar-refractivity contribution < 1.29 is 9.21 Å². The number of amides is 1. The highest BCUT2D eigenvalue weighted by Crippen LogP contribution is 2.26. The molecule has 0 atom stereocenters. The van der Waals surface area contributed by atoms with Crippen molar-refractivity contribution in [2.24, 2.45) is 0 Å². The van der Waals surface area contributed by atoms with Gasteiger partial charge in [0, 0.05) is 12.2 Å². The van der Waals surface area contributed by atoms with Crippen molar-refractivity contribution in [3.05, 3.63) is 58.8 Å². The molecule has 2 aromatic heterocycles. The molecule has 0 fully saturated rings. The molecule has 0 saturated carbocycles. The molecule has 5 nitrogen and oxygen atoms in total.